The van der Waals surface area contributed by atoms with Gasteiger partial charge in [-0.2, -0.15) is 5.10 Å². The Morgan fingerprint density at radius 2 is 2.00 bits per heavy atom. The van der Waals surface area contributed by atoms with Crippen LogP contribution in [0, 0.1) is 13.8 Å². The molecule has 1 aliphatic carbocycles. The van der Waals surface area contributed by atoms with E-state index in [0.717, 1.165) is 18.7 Å². The van der Waals surface area contributed by atoms with Crippen LogP contribution in [0.25, 0.3) is 0 Å². The highest BCUT2D eigenvalue weighted by molar-refractivity contribution is 5.91. The van der Waals surface area contributed by atoms with E-state index in [1.165, 1.54) is 23.1 Å². The van der Waals surface area contributed by atoms with E-state index in [0.29, 0.717) is 5.76 Å². The van der Waals surface area contributed by atoms with Gasteiger partial charge >= 0.3 is 0 Å². The van der Waals surface area contributed by atoms with Gasteiger partial charge in [0.2, 0.25) is 0 Å². The number of hydrogen-bond acceptors (Lipinski definition) is 3. The van der Waals surface area contributed by atoms with E-state index in [1.54, 1.807) is 12.1 Å². The lowest BCUT2D eigenvalue weighted by molar-refractivity contribution is 0.0916. The standard InChI is InChI=1S/C22H23N3O2/c1-15-21(16(2)25(24-15)14-17-7-4-3-5-8-17)18-10-11-19(13-18)23-22(26)20-9-6-12-27-20/h3-12,18-19H,13-14H2,1-2H3,(H,23,26). The Morgan fingerprint density at radius 3 is 2.74 bits per heavy atom. The highest BCUT2D eigenvalue weighted by Crippen LogP contribution is 2.33. The first-order chi connectivity index (χ1) is 13.1. The van der Waals surface area contributed by atoms with Crippen LogP contribution in [0.2, 0.25) is 0 Å². The molecule has 0 spiro atoms. The Bertz CT molecular complexity index is 955. The first kappa shape index (κ1) is 17.3. The summed E-state index contributed by atoms with van der Waals surface area (Å²) in [6.45, 7) is 4.95. The number of carbonyl (C=O) groups excluding carboxylic acids is 1. The third-order valence-corrected chi connectivity index (χ3v) is 5.13. The third kappa shape index (κ3) is 3.58. The average Bonchev–Trinajstić information content (AvgIpc) is 3.38. The van der Waals surface area contributed by atoms with Crippen molar-refractivity contribution in [1.29, 1.82) is 0 Å². The molecule has 3 aromatic rings. The summed E-state index contributed by atoms with van der Waals surface area (Å²) >= 11 is 0. The molecule has 1 N–H and O–H groups in total. The largest absolute Gasteiger partial charge is 0.459 e. The van der Waals surface area contributed by atoms with E-state index in [1.807, 2.05) is 18.2 Å². The number of carbonyl (C=O) groups is 1. The number of benzene rings is 1. The van der Waals surface area contributed by atoms with Crippen molar-refractivity contribution < 1.29 is 9.21 Å². The molecule has 2 atom stereocenters. The van der Waals surface area contributed by atoms with Gasteiger partial charge in [-0.25, -0.2) is 0 Å². The van der Waals surface area contributed by atoms with Gasteiger partial charge in [0.15, 0.2) is 5.76 Å². The van der Waals surface area contributed by atoms with Gasteiger partial charge in [-0.15, -0.1) is 0 Å². The molecule has 0 aliphatic heterocycles. The number of aryl methyl sites for hydroxylation is 1. The molecule has 2 unspecified atom stereocenters. The quantitative estimate of drug-likeness (QED) is 0.699. The van der Waals surface area contributed by atoms with Crippen molar-refractivity contribution in [2.75, 3.05) is 0 Å². The summed E-state index contributed by atoms with van der Waals surface area (Å²) in [5.41, 5.74) is 4.73. The van der Waals surface area contributed by atoms with Gasteiger partial charge in [0.25, 0.3) is 5.91 Å². The molecule has 5 nitrogen and oxygen atoms in total. The molecule has 138 valence electrons. The fraction of sp³-hybridized carbons (Fsp3) is 0.273. The monoisotopic (exact) mass is 361 g/mol. The van der Waals surface area contributed by atoms with E-state index in [-0.39, 0.29) is 17.9 Å². The van der Waals surface area contributed by atoms with Gasteiger partial charge in [-0.1, -0.05) is 42.5 Å². The molecule has 2 aromatic heterocycles. The van der Waals surface area contributed by atoms with Crippen molar-refractivity contribution >= 4 is 5.91 Å². The Labute approximate surface area is 158 Å². The van der Waals surface area contributed by atoms with E-state index < -0.39 is 0 Å². The second-order valence-corrected chi connectivity index (χ2v) is 7.01. The molecular weight excluding hydrogens is 338 g/mol. The molecule has 4 rings (SSSR count). The van der Waals surface area contributed by atoms with Crippen LogP contribution in [0.1, 0.15) is 45.4 Å². The number of furan rings is 1. The number of nitrogens with zero attached hydrogens (tertiary/aromatic N) is 2. The minimum Gasteiger partial charge on any atom is -0.459 e. The SMILES string of the molecule is Cc1nn(Cc2ccccc2)c(C)c1C1C=CC(NC(=O)c2ccco2)C1. The fourth-order valence-electron chi connectivity index (χ4n) is 3.83. The first-order valence-electron chi connectivity index (χ1n) is 9.22. The summed E-state index contributed by atoms with van der Waals surface area (Å²) in [4.78, 5) is 12.2. The van der Waals surface area contributed by atoms with Crippen LogP contribution in [0.5, 0.6) is 0 Å². The fourth-order valence-corrected chi connectivity index (χ4v) is 3.83. The first-order valence-corrected chi connectivity index (χ1v) is 9.22. The minimum atomic E-state index is -0.177. The zero-order valence-electron chi connectivity index (χ0n) is 15.6. The summed E-state index contributed by atoms with van der Waals surface area (Å²) in [6, 6.07) is 13.8. The van der Waals surface area contributed by atoms with E-state index in [2.05, 4.69) is 48.1 Å². The lowest BCUT2D eigenvalue weighted by atomic mass is 9.96. The average molecular weight is 361 g/mol. The maximum absolute atomic E-state index is 12.2. The second-order valence-electron chi connectivity index (χ2n) is 7.01. The van der Waals surface area contributed by atoms with Gasteiger partial charge in [-0.05, 0) is 38.0 Å². The number of hydrogen-bond donors (Lipinski definition) is 1. The maximum Gasteiger partial charge on any atom is 0.287 e. The van der Waals surface area contributed by atoms with Gasteiger partial charge in [0.1, 0.15) is 0 Å². The predicted octanol–water partition coefficient (Wildman–Crippen LogP) is 3.98. The van der Waals surface area contributed by atoms with Crippen molar-refractivity contribution in [3.05, 3.63) is 89.2 Å². The number of aromatic nitrogens is 2. The van der Waals surface area contributed by atoms with Crippen LogP contribution in [-0.2, 0) is 6.54 Å². The van der Waals surface area contributed by atoms with Crippen molar-refractivity contribution in [1.82, 2.24) is 15.1 Å². The van der Waals surface area contributed by atoms with Gasteiger partial charge < -0.3 is 9.73 Å². The molecule has 1 amide bonds. The summed E-state index contributed by atoms with van der Waals surface area (Å²) in [5.74, 6) is 0.426. The molecule has 2 heterocycles. The van der Waals surface area contributed by atoms with E-state index in [9.17, 15) is 4.79 Å². The number of allylic oxidation sites excluding steroid dienone is 1. The Kier molecular flexibility index (Phi) is 4.67. The minimum absolute atomic E-state index is 0.00359. The molecule has 0 saturated carbocycles. The summed E-state index contributed by atoms with van der Waals surface area (Å²) in [7, 11) is 0. The molecule has 1 aliphatic rings. The Hall–Kier alpha value is -3.08. The van der Waals surface area contributed by atoms with Crippen LogP contribution in [0.4, 0.5) is 0 Å². The van der Waals surface area contributed by atoms with Crippen molar-refractivity contribution in [3.63, 3.8) is 0 Å². The highest BCUT2D eigenvalue weighted by atomic mass is 16.3. The van der Waals surface area contributed by atoms with Crippen LogP contribution >= 0.6 is 0 Å². The topological polar surface area (TPSA) is 60.1 Å². The van der Waals surface area contributed by atoms with E-state index >= 15 is 0 Å². The second kappa shape index (κ2) is 7.27. The van der Waals surface area contributed by atoms with Crippen LogP contribution in [-0.4, -0.2) is 21.7 Å². The van der Waals surface area contributed by atoms with Gasteiger partial charge in [-0.3, -0.25) is 9.48 Å². The van der Waals surface area contributed by atoms with E-state index in [4.69, 9.17) is 9.52 Å². The molecular formula is C22H23N3O2. The van der Waals surface area contributed by atoms with Gasteiger partial charge in [0, 0.05) is 23.2 Å². The summed E-state index contributed by atoms with van der Waals surface area (Å²) in [6.07, 6.45) is 6.59. The zero-order chi connectivity index (χ0) is 18.8. The molecule has 1 aromatic carbocycles. The van der Waals surface area contributed by atoms with Crippen LogP contribution in [0.3, 0.4) is 0 Å². The molecule has 0 bridgehead atoms. The molecule has 0 fully saturated rings. The van der Waals surface area contributed by atoms with Crippen molar-refractivity contribution in [3.8, 4) is 0 Å². The normalized spacial score (nSPS) is 18.7. The molecule has 27 heavy (non-hydrogen) atoms. The lowest BCUT2D eigenvalue weighted by Crippen LogP contribution is -2.32. The smallest absolute Gasteiger partial charge is 0.287 e. The molecule has 0 saturated heterocycles. The van der Waals surface area contributed by atoms with Crippen LogP contribution < -0.4 is 5.32 Å². The van der Waals surface area contributed by atoms with Crippen molar-refractivity contribution in [2.24, 2.45) is 0 Å². The number of nitrogens with one attached hydrogen (secondary N) is 1. The van der Waals surface area contributed by atoms with Crippen LogP contribution in [0.15, 0.2) is 65.3 Å². The van der Waals surface area contributed by atoms with Crippen molar-refractivity contribution in [2.45, 2.75) is 38.8 Å². The Morgan fingerprint density at radius 1 is 1.19 bits per heavy atom. The zero-order valence-corrected chi connectivity index (χ0v) is 15.6. The maximum atomic E-state index is 12.2. The summed E-state index contributed by atoms with van der Waals surface area (Å²) < 4.78 is 7.24. The predicted molar refractivity (Wildman–Crippen MR) is 104 cm³/mol. The number of amides is 1. The highest BCUT2D eigenvalue weighted by Gasteiger charge is 2.27. The Balaban J connectivity index is 1.46. The molecule has 5 heteroatoms. The summed E-state index contributed by atoms with van der Waals surface area (Å²) in [5, 5.41) is 7.78. The lowest BCUT2D eigenvalue weighted by Gasteiger charge is -2.14. The molecule has 0 radical (unpaired) electrons. The van der Waals surface area contributed by atoms with Gasteiger partial charge in [0.05, 0.1) is 18.5 Å². The third-order valence-electron chi connectivity index (χ3n) is 5.13. The number of rotatable bonds is 5.